The van der Waals surface area contributed by atoms with Crippen molar-refractivity contribution in [2.24, 2.45) is 0 Å². The third kappa shape index (κ3) is 2.59. The number of rotatable bonds is 4. The summed E-state index contributed by atoms with van der Waals surface area (Å²) in [5, 5.41) is 12.2. The van der Waals surface area contributed by atoms with Gasteiger partial charge in [0.05, 0.1) is 12.9 Å². The fourth-order valence-corrected chi connectivity index (χ4v) is 1.61. The van der Waals surface area contributed by atoms with Crippen LogP contribution in [0.25, 0.3) is 11.2 Å². The second-order valence-corrected chi connectivity index (χ2v) is 3.93. The summed E-state index contributed by atoms with van der Waals surface area (Å²) in [7, 11) is 0. The zero-order valence-electron chi connectivity index (χ0n) is 9.81. The van der Waals surface area contributed by atoms with Crippen molar-refractivity contribution in [1.29, 1.82) is 0 Å². The van der Waals surface area contributed by atoms with Crippen molar-refractivity contribution in [1.82, 2.24) is 19.9 Å². The van der Waals surface area contributed by atoms with E-state index in [4.69, 9.17) is 5.11 Å². The van der Waals surface area contributed by atoms with Crippen molar-refractivity contribution in [3.63, 3.8) is 0 Å². The van der Waals surface area contributed by atoms with Gasteiger partial charge >= 0.3 is 0 Å². The molecule has 0 aliphatic carbocycles. The van der Waals surface area contributed by atoms with Crippen molar-refractivity contribution in [3.05, 3.63) is 24.3 Å². The highest BCUT2D eigenvalue weighted by atomic mass is 16.3. The van der Waals surface area contributed by atoms with Gasteiger partial charge in [0, 0.05) is 6.04 Å². The van der Waals surface area contributed by atoms with Gasteiger partial charge in [0.25, 0.3) is 0 Å². The second kappa shape index (κ2) is 4.92. The fourth-order valence-electron chi connectivity index (χ4n) is 1.61. The smallest absolute Gasteiger partial charge is 0.182 e. The van der Waals surface area contributed by atoms with Gasteiger partial charge in [-0.15, -0.1) is 0 Å². The maximum atomic E-state index is 8.95. The molecule has 1 unspecified atom stereocenters. The molecule has 0 radical (unpaired) electrons. The summed E-state index contributed by atoms with van der Waals surface area (Å²) in [5.41, 5.74) is 2.34. The third-order valence-corrected chi connectivity index (χ3v) is 2.37. The molecule has 0 aromatic carbocycles. The van der Waals surface area contributed by atoms with Crippen LogP contribution in [0.4, 0.5) is 5.82 Å². The van der Waals surface area contributed by atoms with Crippen molar-refractivity contribution >= 4 is 17.0 Å². The Bertz CT molecular complexity index is 533. The van der Waals surface area contributed by atoms with Crippen molar-refractivity contribution in [3.8, 4) is 0 Å². The quantitative estimate of drug-likeness (QED) is 0.688. The summed E-state index contributed by atoms with van der Waals surface area (Å²) < 4.78 is 0. The predicted molar refractivity (Wildman–Crippen MR) is 65.6 cm³/mol. The highest BCUT2D eigenvalue weighted by Crippen LogP contribution is 2.15. The number of nitrogens with zero attached hydrogens (tertiary/aromatic N) is 3. The Hall–Kier alpha value is -1.95. The first-order valence-electron chi connectivity index (χ1n) is 5.39. The normalized spacial score (nSPS) is 13.9. The molecule has 0 amide bonds. The molecular weight excluding hydrogens is 218 g/mol. The number of hydrogen-bond donors (Lipinski definition) is 3. The SMILES string of the molecule is C/C(=C/C(C)Nc1ncnc2nc[nH]c12)CO. The van der Waals surface area contributed by atoms with Gasteiger partial charge in [0.1, 0.15) is 11.8 Å². The highest BCUT2D eigenvalue weighted by molar-refractivity contribution is 5.82. The van der Waals surface area contributed by atoms with E-state index in [2.05, 4.69) is 25.3 Å². The molecule has 2 heterocycles. The minimum absolute atomic E-state index is 0.0647. The second-order valence-electron chi connectivity index (χ2n) is 3.93. The van der Waals surface area contributed by atoms with E-state index >= 15 is 0 Å². The van der Waals surface area contributed by atoms with Crippen LogP contribution in [0.3, 0.4) is 0 Å². The monoisotopic (exact) mass is 233 g/mol. The summed E-state index contributed by atoms with van der Waals surface area (Å²) in [6, 6.07) is 0.0727. The Kier molecular flexibility index (Phi) is 3.34. The molecule has 6 heteroatoms. The molecular formula is C11H15N5O. The lowest BCUT2D eigenvalue weighted by Crippen LogP contribution is -2.14. The maximum Gasteiger partial charge on any atom is 0.182 e. The van der Waals surface area contributed by atoms with Crippen molar-refractivity contribution < 1.29 is 5.11 Å². The van der Waals surface area contributed by atoms with Gasteiger partial charge in [-0.2, -0.15) is 0 Å². The minimum atomic E-state index is 0.0647. The Morgan fingerprint density at radius 1 is 1.53 bits per heavy atom. The molecule has 0 spiro atoms. The topological polar surface area (TPSA) is 86.7 Å². The molecule has 2 aromatic rings. The molecule has 90 valence electrons. The van der Waals surface area contributed by atoms with Crippen molar-refractivity contribution in [2.45, 2.75) is 19.9 Å². The first-order chi connectivity index (χ1) is 8.20. The Morgan fingerprint density at radius 3 is 3.12 bits per heavy atom. The molecule has 2 aromatic heterocycles. The average Bonchev–Trinajstić information content (AvgIpc) is 2.78. The highest BCUT2D eigenvalue weighted by Gasteiger charge is 2.07. The van der Waals surface area contributed by atoms with Crippen LogP contribution in [0.15, 0.2) is 24.3 Å². The molecule has 0 saturated carbocycles. The lowest BCUT2D eigenvalue weighted by atomic mass is 10.2. The van der Waals surface area contributed by atoms with E-state index < -0.39 is 0 Å². The van der Waals surface area contributed by atoms with Gasteiger partial charge in [-0.05, 0) is 13.8 Å². The molecule has 3 N–H and O–H groups in total. The lowest BCUT2D eigenvalue weighted by Gasteiger charge is -2.11. The fraction of sp³-hybridized carbons (Fsp3) is 0.364. The molecule has 0 bridgehead atoms. The standard InChI is InChI=1S/C11H15N5O/c1-7(4-17)3-8(2)16-11-9-10(13-5-12-9)14-6-15-11/h3,5-6,8,17H,4H2,1-2H3,(H2,12,13,14,15,16)/b7-3-. The Morgan fingerprint density at radius 2 is 2.35 bits per heavy atom. The van der Waals surface area contributed by atoms with Gasteiger partial charge in [-0.25, -0.2) is 15.0 Å². The van der Waals surface area contributed by atoms with E-state index in [0.717, 1.165) is 11.1 Å². The molecule has 0 aliphatic heterocycles. The number of hydrogen-bond acceptors (Lipinski definition) is 5. The molecule has 0 fully saturated rings. The number of aliphatic hydroxyl groups excluding tert-OH is 1. The predicted octanol–water partition coefficient (Wildman–Crippen LogP) is 1.09. The zero-order chi connectivity index (χ0) is 12.3. The number of aromatic amines is 1. The van der Waals surface area contributed by atoms with Gasteiger partial charge in [-0.1, -0.05) is 11.6 Å². The van der Waals surface area contributed by atoms with Crippen LogP contribution < -0.4 is 5.32 Å². The van der Waals surface area contributed by atoms with Gasteiger partial charge in [0.15, 0.2) is 11.5 Å². The van der Waals surface area contributed by atoms with Crippen molar-refractivity contribution in [2.75, 3.05) is 11.9 Å². The number of H-pyrrole nitrogens is 1. The Labute approximate surface area is 98.8 Å². The molecule has 6 nitrogen and oxygen atoms in total. The molecule has 2 rings (SSSR count). The first-order valence-corrected chi connectivity index (χ1v) is 5.39. The Balaban J connectivity index is 2.21. The number of anilines is 1. The van der Waals surface area contributed by atoms with E-state index in [1.54, 1.807) is 6.33 Å². The maximum absolute atomic E-state index is 8.95. The van der Waals surface area contributed by atoms with Crippen LogP contribution in [-0.4, -0.2) is 37.7 Å². The molecule has 0 saturated heterocycles. The number of fused-ring (bicyclic) bond motifs is 1. The summed E-state index contributed by atoms with van der Waals surface area (Å²) in [5.74, 6) is 0.710. The number of imidazole rings is 1. The van der Waals surface area contributed by atoms with E-state index in [0.29, 0.717) is 11.5 Å². The number of aliphatic hydroxyl groups is 1. The number of aromatic nitrogens is 4. The van der Waals surface area contributed by atoms with E-state index in [-0.39, 0.29) is 12.6 Å². The molecule has 0 aliphatic rings. The lowest BCUT2D eigenvalue weighted by molar-refractivity contribution is 0.331. The summed E-state index contributed by atoms with van der Waals surface area (Å²) in [6.07, 6.45) is 5.01. The van der Waals surface area contributed by atoms with Crippen LogP contribution in [-0.2, 0) is 0 Å². The first kappa shape index (κ1) is 11.5. The van der Waals surface area contributed by atoms with E-state index in [1.807, 2.05) is 19.9 Å². The van der Waals surface area contributed by atoms with Gasteiger partial charge < -0.3 is 15.4 Å². The van der Waals surface area contributed by atoms with Gasteiger partial charge in [-0.3, -0.25) is 0 Å². The van der Waals surface area contributed by atoms with Crippen LogP contribution in [0.2, 0.25) is 0 Å². The van der Waals surface area contributed by atoms with E-state index in [9.17, 15) is 0 Å². The van der Waals surface area contributed by atoms with Crippen LogP contribution in [0.1, 0.15) is 13.8 Å². The summed E-state index contributed by atoms with van der Waals surface area (Å²) in [6.45, 7) is 3.93. The molecule has 1 atom stereocenters. The van der Waals surface area contributed by atoms with E-state index in [1.165, 1.54) is 6.33 Å². The van der Waals surface area contributed by atoms with Gasteiger partial charge in [0.2, 0.25) is 0 Å². The summed E-state index contributed by atoms with van der Waals surface area (Å²) >= 11 is 0. The third-order valence-electron chi connectivity index (χ3n) is 2.37. The zero-order valence-corrected chi connectivity index (χ0v) is 9.81. The summed E-state index contributed by atoms with van der Waals surface area (Å²) in [4.78, 5) is 15.3. The molecule has 17 heavy (non-hydrogen) atoms. The largest absolute Gasteiger partial charge is 0.392 e. The van der Waals surface area contributed by atoms with Crippen LogP contribution in [0.5, 0.6) is 0 Å². The van der Waals surface area contributed by atoms with Crippen LogP contribution >= 0.6 is 0 Å². The number of nitrogens with one attached hydrogen (secondary N) is 2. The minimum Gasteiger partial charge on any atom is -0.392 e. The average molecular weight is 233 g/mol. The van der Waals surface area contributed by atoms with Crippen LogP contribution in [0, 0.1) is 0 Å².